The molecule has 2 amide bonds. The molecular formula is C16H20N2O3. The second kappa shape index (κ2) is 5.85. The summed E-state index contributed by atoms with van der Waals surface area (Å²) in [6.07, 6.45) is 3.87. The quantitative estimate of drug-likeness (QED) is 0.788. The highest BCUT2D eigenvalue weighted by Crippen LogP contribution is 2.25. The predicted octanol–water partition coefficient (Wildman–Crippen LogP) is 1.46. The number of rotatable bonds is 3. The number of benzene rings is 1. The summed E-state index contributed by atoms with van der Waals surface area (Å²) in [5.74, 6) is 0.199. The first-order valence-electron chi connectivity index (χ1n) is 7.51. The van der Waals surface area contributed by atoms with Crippen molar-refractivity contribution in [3.8, 4) is 0 Å². The van der Waals surface area contributed by atoms with E-state index in [1.807, 2.05) is 6.07 Å². The Kier molecular flexibility index (Phi) is 3.92. The van der Waals surface area contributed by atoms with Gasteiger partial charge in [-0.2, -0.15) is 0 Å². The Labute approximate surface area is 123 Å². The minimum atomic E-state index is -0.226. The Bertz CT molecular complexity index is 571. The van der Waals surface area contributed by atoms with Crippen molar-refractivity contribution in [1.82, 2.24) is 5.32 Å². The van der Waals surface area contributed by atoms with Gasteiger partial charge in [0.2, 0.25) is 5.91 Å². The molecule has 1 fully saturated rings. The van der Waals surface area contributed by atoms with Crippen LogP contribution in [-0.4, -0.2) is 29.6 Å². The van der Waals surface area contributed by atoms with Crippen LogP contribution in [-0.2, 0) is 11.2 Å². The number of hydrogen-bond donors (Lipinski definition) is 3. The lowest BCUT2D eigenvalue weighted by Gasteiger charge is -2.25. The summed E-state index contributed by atoms with van der Waals surface area (Å²) < 4.78 is 0. The fourth-order valence-electron chi connectivity index (χ4n) is 3.14. The van der Waals surface area contributed by atoms with Gasteiger partial charge >= 0.3 is 0 Å². The summed E-state index contributed by atoms with van der Waals surface area (Å²) in [7, 11) is 0. The molecule has 0 radical (unpaired) electrons. The minimum absolute atomic E-state index is 0.0289. The fraction of sp³-hybridized carbons (Fsp3) is 0.500. The molecule has 21 heavy (non-hydrogen) atoms. The van der Waals surface area contributed by atoms with Crippen LogP contribution in [0, 0.1) is 5.92 Å². The first kappa shape index (κ1) is 14.1. The van der Waals surface area contributed by atoms with E-state index in [1.165, 1.54) is 0 Å². The largest absolute Gasteiger partial charge is 0.393 e. The predicted molar refractivity (Wildman–Crippen MR) is 79.1 cm³/mol. The van der Waals surface area contributed by atoms with Gasteiger partial charge in [-0.1, -0.05) is 12.5 Å². The van der Waals surface area contributed by atoms with Gasteiger partial charge in [0.25, 0.3) is 5.91 Å². The van der Waals surface area contributed by atoms with Crippen molar-refractivity contribution in [3.05, 3.63) is 29.3 Å². The summed E-state index contributed by atoms with van der Waals surface area (Å²) in [6.45, 7) is 0.597. The third-order valence-corrected chi connectivity index (χ3v) is 4.30. The molecule has 0 saturated heterocycles. The highest BCUT2D eigenvalue weighted by molar-refractivity contribution is 6.02. The molecule has 1 aromatic rings. The van der Waals surface area contributed by atoms with Crippen molar-refractivity contribution in [1.29, 1.82) is 0 Å². The zero-order valence-electron chi connectivity index (χ0n) is 11.9. The van der Waals surface area contributed by atoms with Gasteiger partial charge in [0.15, 0.2) is 0 Å². The molecule has 3 N–H and O–H groups in total. The number of hydrogen-bond acceptors (Lipinski definition) is 3. The molecule has 1 aliphatic carbocycles. The molecule has 2 atom stereocenters. The molecule has 3 rings (SSSR count). The monoisotopic (exact) mass is 288 g/mol. The van der Waals surface area contributed by atoms with Crippen molar-refractivity contribution in [2.24, 2.45) is 5.92 Å². The smallest absolute Gasteiger partial charge is 0.251 e. The molecule has 5 heteroatoms. The van der Waals surface area contributed by atoms with Gasteiger partial charge in [-0.3, -0.25) is 9.59 Å². The van der Waals surface area contributed by atoms with Gasteiger partial charge in [0.1, 0.15) is 0 Å². The third kappa shape index (κ3) is 3.24. The number of anilines is 1. The zero-order valence-corrected chi connectivity index (χ0v) is 11.9. The first-order valence-corrected chi connectivity index (χ1v) is 7.51. The standard InChI is InChI=1S/C16H20N2O3/c19-13-3-1-2-10(6-13)9-17-16(21)12-5-4-11-8-15(20)18-14(11)7-12/h4-5,7,10,13,19H,1-3,6,8-9H2,(H,17,21)(H,18,20). The maximum absolute atomic E-state index is 12.2. The number of fused-ring (bicyclic) bond motifs is 1. The number of carbonyl (C=O) groups is 2. The minimum Gasteiger partial charge on any atom is -0.393 e. The zero-order chi connectivity index (χ0) is 14.8. The Hall–Kier alpha value is -1.88. The van der Waals surface area contributed by atoms with Crippen molar-refractivity contribution >= 4 is 17.5 Å². The van der Waals surface area contributed by atoms with Gasteiger partial charge in [-0.05, 0) is 42.9 Å². The molecule has 5 nitrogen and oxygen atoms in total. The van der Waals surface area contributed by atoms with E-state index in [0.717, 1.165) is 36.9 Å². The van der Waals surface area contributed by atoms with Crippen molar-refractivity contribution in [3.63, 3.8) is 0 Å². The molecule has 1 heterocycles. The van der Waals surface area contributed by atoms with Crippen LogP contribution in [0.15, 0.2) is 18.2 Å². The Balaban J connectivity index is 1.58. The second-order valence-corrected chi connectivity index (χ2v) is 5.99. The molecule has 1 aliphatic heterocycles. The lowest BCUT2D eigenvalue weighted by molar-refractivity contribution is -0.115. The highest BCUT2D eigenvalue weighted by Gasteiger charge is 2.22. The molecule has 0 aromatic heterocycles. The lowest BCUT2D eigenvalue weighted by atomic mass is 9.87. The van der Waals surface area contributed by atoms with Gasteiger partial charge in [0, 0.05) is 17.8 Å². The van der Waals surface area contributed by atoms with Crippen LogP contribution >= 0.6 is 0 Å². The summed E-state index contributed by atoms with van der Waals surface area (Å²) >= 11 is 0. The number of carbonyl (C=O) groups excluding carboxylic acids is 2. The maximum atomic E-state index is 12.2. The van der Waals surface area contributed by atoms with E-state index >= 15 is 0 Å². The van der Waals surface area contributed by atoms with E-state index < -0.39 is 0 Å². The van der Waals surface area contributed by atoms with Gasteiger partial charge in [-0.25, -0.2) is 0 Å². The molecule has 1 saturated carbocycles. The number of nitrogens with one attached hydrogen (secondary N) is 2. The lowest BCUT2D eigenvalue weighted by Crippen LogP contribution is -2.33. The first-order chi connectivity index (χ1) is 10.1. The van der Waals surface area contributed by atoms with Crippen molar-refractivity contribution < 1.29 is 14.7 Å². The maximum Gasteiger partial charge on any atom is 0.251 e. The third-order valence-electron chi connectivity index (χ3n) is 4.30. The van der Waals surface area contributed by atoms with Crippen molar-refractivity contribution in [2.45, 2.75) is 38.2 Å². The fourth-order valence-corrected chi connectivity index (χ4v) is 3.14. The van der Waals surface area contributed by atoms with E-state index in [1.54, 1.807) is 12.1 Å². The molecule has 0 bridgehead atoms. The Morgan fingerprint density at radius 3 is 3.05 bits per heavy atom. The van der Waals surface area contributed by atoms with E-state index in [9.17, 15) is 14.7 Å². The van der Waals surface area contributed by atoms with Gasteiger partial charge in [-0.15, -0.1) is 0 Å². The number of aliphatic hydroxyl groups excluding tert-OH is 1. The van der Waals surface area contributed by atoms with E-state index in [2.05, 4.69) is 10.6 Å². The average molecular weight is 288 g/mol. The molecule has 112 valence electrons. The average Bonchev–Trinajstić information content (AvgIpc) is 2.84. The number of amides is 2. The molecule has 1 aromatic carbocycles. The summed E-state index contributed by atoms with van der Waals surface area (Å²) in [4.78, 5) is 23.5. The normalized spacial score (nSPS) is 24.3. The van der Waals surface area contributed by atoms with E-state index in [0.29, 0.717) is 24.4 Å². The van der Waals surface area contributed by atoms with Crippen LogP contribution in [0.25, 0.3) is 0 Å². The van der Waals surface area contributed by atoms with Crippen LogP contribution in [0.3, 0.4) is 0 Å². The van der Waals surface area contributed by atoms with Gasteiger partial charge < -0.3 is 15.7 Å². The Morgan fingerprint density at radius 1 is 1.38 bits per heavy atom. The molecule has 2 aliphatic rings. The van der Waals surface area contributed by atoms with Crippen LogP contribution in [0.1, 0.15) is 41.6 Å². The highest BCUT2D eigenvalue weighted by atomic mass is 16.3. The second-order valence-electron chi connectivity index (χ2n) is 5.99. The summed E-state index contributed by atoms with van der Waals surface area (Å²) in [6, 6.07) is 5.31. The topological polar surface area (TPSA) is 78.4 Å². The summed E-state index contributed by atoms with van der Waals surface area (Å²) in [5, 5.41) is 15.3. The van der Waals surface area contributed by atoms with Gasteiger partial charge in [0.05, 0.1) is 12.5 Å². The van der Waals surface area contributed by atoms with Crippen molar-refractivity contribution in [2.75, 3.05) is 11.9 Å². The SMILES string of the molecule is O=C1Cc2ccc(C(=O)NCC3CCCC(O)C3)cc2N1. The van der Waals surface area contributed by atoms with Crippen LogP contribution in [0.5, 0.6) is 0 Å². The molecule has 0 spiro atoms. The van der Waals surface area contributed by atoms with E-state index in [-0.39, 0.29) is 17.9 Å². The number of aliphatic hydroxyl groups is 1. The molecular weight excluding hydrogens is 268 g/mol. The molecule has 2 unspecified atom stereocenters. The van der Waals surface area contributed by atoms with E-state index in [4.69, 9.17) is 0 Å². The van der Waals surface area contributed by atoms with Crippen LogP contribution in [0.4, 0.5) is 5.69 Å². The van der Waals surface area contributed by atoms with Crippen LogP contribution < -0.4 is 10.6 Å². The van der Waals surface area contributed by atoms with Crippen LogP contribution in [0.2, 0.25) is 0 Å². The summed E-state index contributed by atoms with van der Waals surface area (Å²) in [5.41, 5.74) is 2.24. The Morgan fingerprint density at radius 2 is 2.24 bits per heavy atom.